The molecule has 0 fully saturated rings. The van der Waals surface area contributed by atoms with Crippen LogP contribution < -0.4 is 14.8 Å². The van der Waals surface area contributed by atoms with Crippen molar-refractivity contribution in [3.63, 3.8) is 0 Å². The van der Waals surface area contributed by atoms with Gasteiger partial charge in [-0.25, -0.2) is 0 Å². The average Bonchev–Trinajstić information content (AvgIpc) is 2.38. The van der Waals surface area contributed by atoms with E-state index < -0.39 is 0 Å². The number of ether oxygens (including phenoxy) is 2. The minimum Gasteiger partial charge on any atom is -0.493 e. The van der Waals surface area contributed by atoms with E-state index in [-0.39, 0.29) is 0 Å². The summed E-state index contributed by atoms with van der Waals surface area (Å²) in [5, 5.41) is 4.29. The number of nitrogens with zero attached hydrogens (tertiary/aromatic N) is 1. The highest BCUT2D eigenvalue weighted by atomic mass is 32.2. The molecular formula is C13H18N2O2S. The van der Waals surface area contributed by atoms with Gasteiger partial charge in [0.25, 0.3) is 0 Å². The number of anilines is 1. The van der Waals surface area contributed by atoms with Gasteiger partial charge in [-0.2, -0.15) is 0 Å². The molecule has 4 nitrogen and oxygen atoms in total. The molecule has 1 aliphatic heterocycles. The van der Waals surface area contributed by atoms with Crippen molar-refractivity contribution in [2.75, 3.05) is 25.3 Å². The highest BCUT2D eigenvalue weighted by Crippen LogP contribution is 2.30. The van der Waals surface area contributed by atoms with Crippen LogP contribution >= 0.6 is 11.8 Å². The second-order valence-electron chi connectivity index (χ2n) is 4.12. The Morgan fingerprint density at radius 3 is 2.72 bits per heavy atom. The normalized spacial score (nSPS) is 19.1. The van der Waals surface area contributed by atoms with Crippen molar-refractivity contribution in [3.05, 3.63) is 18.2 Å². The lowest BCUT2D eigenvalue weighted by molar-refractivity contribution is 0.355. The largest absolute Gasteiger partial charge is 0.493 e. The summed E-state index contributed by atoms with van der Waals surface area (Å²) < 4.78 is 10.5. The predicted molar refractivity (Wildman–Crippen MR) is 77.1 cm³/mol. The second-order valence-corrected chi connectivity index (χ2v) is 5.20. The van der Waals surface area contributed by atoms with Crippen molar-refractivity contribution in [1.82, 2.24) is 0 Å². The van der Waals surface area contributed by atoms with Gasteiger partial charge in [-0.05, 0) is 25.5 Å². The Labute approximate surface area is 112 Å². The Morgan fingerprint density at radius 1 is 1.28 bits per heavy atom. The minimum absolute atomic E-state index is 0.397. The lowest BCUT2D eigenvalue weighted by atomic mass is 10.2. The molecular weight excluding hydrogens is 248 g/mol. The SMILES string of the molecule is COc1ccc(NC2=NC(C)CCS2)cc1OC. The third-order valence-corrected chi connectivity index (χ3v) is 3.67. The van der Waals surface area contributed by atoms with Crippen molar-refractivity contribution in [1.29, 1.82) is 0 Å². The molecule has 18 heavy (non-hydrogen) atoms. The molecule has 0 saturated heterocycles. The molecule has 1 atom stereocenters. The van der Waals surface area contributed by atoms with Crippen LogP contribution in [0.4, 0.5) is 5.69 Å². The van der Waals surface area contributed by atoms with E-state index in [0.717, 1.165) is 34.5 Å². The van der Waals surface area contributed by atoms with E-state index in [1.807, 2.05) is 18.2 Å². The van der Waals surface area contributed by atoms with Crippen molar-refractivity contribution >= 4 is 22.6 Å². The second kappa shape index (κ2) is 6.00. The van der Waals surface area contributed by atoms with Gasteiger partial charge in [0.2, 0.25) is 0 Å². The topological polar surface area (TPSA) is 42.8 Å². The molecule has 0 aliphatic carbocycles. The summed E-state index contributed by atoms with van der Waals surface area (Å²) in [4.78, 5) is 4.57. The summed E-state index contributed by atoms with van der Waals surface area (Å²) in [6, 6.07) is 6.16. The van der Waals surface area contributed by atoms with Gasteiger partial charge in [-0.1, -0.05) is 11.8 Å². The van der Waals surface area contributed by atoms with Crippen molar-refractivity contribution < 1.29 is 9.47 Å². The fourth-order valence-corrected chi connectivity index (χ4v) is 2.83. The van der Waals surface area contributed by atoms with Crippen molar-refractivity contribution in [2.24, 2.45) is 4.99 Å². The standard InChI is InChI=1S/C13H18N2O2S/c1-9-6-7-18-13(14-9)15-10-4-5-11(16-2)12(8-10)17-3/h4-5,8-9H,6-7H2,1-3H3,(H,14,15). The van der Waals surface area contributed by atoms with E-state index in [9.17, 15) is 0 Å². The molecule has 1 aromatic carbocycles. The molecule has 2 rings (SSSR count). The van der Waals surface area contributed by atoms with E-state index in [2.05, 4.69) is 17.2 Å². The number of nitrogens with one attached hydrogen (secondary N) is 1. The molecule has 0 bridgehead atoms. The van der Waals surface area contributed by atoms with Crippen LogP contribution in [0.3, 0.4) is 0 Å². The third-order valence-electron chi connectivity index (χ3n) is 2.75. The fraction of sp³-hybridized carbons (Fsp3) is 0.462. The van der Waals surface area contributed by atoms with Crippen molar-refractivity contribution in [2.45, 2.75) is 19.4 Å². The van der Waals surface area contributed by atoms with Crippen LogP contribution in [0.15, 0.2) is 23.2 Å². The zero-order valence-corrected chi connectivity index (χ0v) is 11.7. The summed E-state index contributed by atoms with van der Waals surface area (Å²) in [5.41, 5.74) is 0.966. The molecule has 1 heterocycles. The molecule has 0 amide bonds. The van der Waals surface area contributed by atoms with E-state index in [4.69, 9.17) is 9.47 Å². The highest BCUT2D eigenvalue weighted by molar-refractivity contribution is 8.14. The molecule has 1 N–H and O–H groups in total. The summed E-state index contributed by atoms with van der Waals surface area (Å²) in [6.45, 7) is 2.13. The van der Waals surface area contributed by atoms with Crippen LogP contribution in [0.2, 0.25) is 0 Å². The number of hydrogen-bond acceptors (Lipinski definition) is 5. The zero-order valence-electron chi connectivity index (χ0n) is 10.9. The molecule has 0 saturated carbocycles. The van der Waals surface area contributed by atoms with Crippen LogP contribution in [0.5, 0.6) is 11.5 Å². The number of aliphatic imine (C=N–C) groups is 1. The molecule has 1 aliphatic rings. The maximum atomic E-state index is 5.28. The Balaban J connectivity index is 2.14. The summed E-state index contributed by atoms with van der Waals surface area (Å²) in [5.74, 6) is 2.56. The summed E-state index contributed by atoms with van der Waals surface area (Å²) in [7, 11) is 3.27. The van der Waals surface area contributed by atoms with Crippen LogP contribution in [0.25, 0.3) is 0 Å². The number of methoxy groups -OCH3 is 2. The fourth-order valence-electron chi connectivity index (χ4n) is 1.73. The van der Waals surface area contributed by atoms with Gasteiger partial charge in [0.1, 0.15) is 0 Å². The first-order chi connectivity index (χ1) is 8.72. The van der Waals surface area contributed by atoms with Gasteiger partial charge in [-0.15, -0.1) is 0 Å². The number of amidine groups is 1. The molecule has 98 valence electrons. The Morgan fingerprint density at radius 2 is 2.06 bits per heavy atom. The monoisotopic (exact) mass is 266 g/mol. The van der Waals surface area contributed by atoms with Crippen LogP contribution in [0, 0.1) is 0 Å². The van der Waals surface area contributed by atoms with Gasteiger partial charge in [-0.3, -0.25) is 4.99 Å². The minimum atomic E-state index is 0.397. The quantitative estimate of drug-likeness (QED) is 0.913. The van der Waals surface area contributed by atoms with Crippen LogP contribution in [0.1, 0.15) is 13.3 Å². The lowest BCUT2D eigenvalue weighted by Gasteiger charge is -2.18. The van der Waals surface area contributed by atoms with E-state index in [1.165, 1.54) is 0 Å². The number of hydrogen-bond donors (Lipinski definition) is 1. The van der Waals surface area contributed by atoms with Gasteiger partial charge >= 0.3 is 0 Å². The first-order valence-electron chi connectivity index (χ1n) is 5.92. The molecule has 1 aromatic rings. The average molecular weight is 266 g/mol. The Hall–Kier alpha value is -1.36. The predicted octanol–water partition coefficient (Wildman–Crippen LogP) is 3.00. The lowest BCUT2D eigenvalue weighted by Crippen LogP contribution is -2.17. The Kier molecular flexibility index (Phi) is 4.36. The van der Waals surface area contributed by atoms with Gasteiger partial charge in [0.15, 0.2) is 16.7 Å². The first kappa shape index (κ1) is 13.1. The molecule has 1 unspecified atom stereocenters. The number of rotatable bonds is 3. The Bertz CT molecular complexity index is 449. The first-order valence-corrected chi connectivity index (χ1v) is 6.91. The maximum absolute atomic E-state index is 5.28. The zero-order chi connectivity index (χ0) is 13.0. The number of thioether (sulfide) groups is 1. The van der Waals surface area contributed by atoms with E-state index >= 15 is 0 Å². The van der Waals surface area contributed by atoms with Crippen LogP contribution in [-0.4, -0.2) is 31.2 Å². The summed E-state index contributed by atoms with van der Waals surface area (Å²) >= 11 is 1.75. The third kappa shape index (κ3) is 3.10. The van der Waals surface area contributed by atoms with E-state index in [1.54, 1.807) is 26.0 Å². The molecule has 0 aromatic heterocycles. The molecule has 0 radical (unpaired) electrons. The van der Waals surface area contributed by atoms with E-state index in [0.29, 0.717) is 6.04 Å². The summed E-state index contributed by atoms with van der Waals surface area (Å²) in [6.07, 6.45) is 1.14. The highest BCUT2D eigenvalue weighted by Gasteiger charge is 2.12. The molecule has 0 spiro atoms. The van der Waals surface area contributed by atoms with Gasteiger partial charge < -0.3 is 14.8 Å². The van der Waals surface area contributed by atoms with Gasteiger partial charge in [0, 0.05) is 17.5 Å². The van der Waals surface area contributed by atoms with Gasteiger partial charge in [0.05, 0.1) is 20.3 Å². The van der Waals surface area contributed by atoms with Crippen molar-refractivity contribution in [3.8, 4) is 11.5 Å². The number of benzene rings is 1. The smallest absolute Gasteiger partial charge is 0.162 e. The molecule has 5 heteroatoms. The van der Waals surface area contributed by atoms with Crippen LogP contribution in [-0.2, 0) is 0 Å². The maximum Gasteiger partial charge on any atom is 0.162 e.